The van der Waals surface area contributed by atoms with Crippen LogP contribution in [0.25, 0.3) is 22.4 Å². The van der Waals surface area contributed by atoms with Gasteiger partial charge in [-0.2, -0.15) is 0 Å². The number of aromatic nitrogens is 1. The molecular formula is C13H10N2O. The van der Waals surface area contributed by atoms with Gasteiger partial charge < -0.3 is 10.2 Å². The Hall–Kier alpha value is -2.29. The lowest BCUT2D eigenvalue weighted by atomic mass is 10.2. The minimum absolute atomic E-state index is 0.626. The topological polar surface area (TPSA) is 52.0 Å². The van der Waals surface area contributed by atoms with E-state index >= 15 is 0 Å². The maximum Gasteiger partial charge on any atom is 0.155 e. The molecule has 0 aliphatic rings. The normalized spacial score (nSPS) is 10.8. The molecule has 0 spiro atoms. The van der Waals surface area contributed by atoms with E-state index in [1.807, 2.05) is 42.5 Å². The highest BCUT2D eigenvalue weighted by Crippen LogP contribution is 2.29. The van der Waals surface area contributed by atoms with E-state index < -0.39 is 0 Å². The van der Waals surface area contributed by atoms with Gasteiger partial charge in [0.2, 0.25) is 0 Å². The molecule has 78 valence electrons. The third kappa shape index (κ3) is 1.34. The van der Waals surface area contributed by atoms with Crippen molar-refractivity contribution in [3.8, 4) is 11.5 Å². The molecule has 2 aromatic heterocycles. The molecule has 0 atom stereocenters. The van der Waals surface area contributed by atoms with E-state index in [0.717, 1.165) is 11.0 Å². The number of nitrogens with two attached hydrogens (primary N) is 1. The summed E-state index contributed by atoms with van der Waals surface area (Å²) >= 11 is 0. The van der Waals surface area contributed by atoms with Crippen LogP contribution in [0.2, 0.25) is 0 Å². The van der Waals surface area contributed by atoms with Crippen LogP contribution >= 0.6 is 0 Å². The van der Waals surface area contributed by atoms with Gasteiger partial charge in [-0.3, -0.25) is 4.98 Å². The van der Waals surface area contributed by atoms with Crippen LogP contribution < -0.4 is 5.73 Å². The van der Waals surface area contributed by atoms with Crippen molar-refractivity contribution in [2.75, 3.05) is 5.73 Å². The maximum absolute atomic E-state index is 5.85. The van der Waals surface area contributed by atoms with Crippen molar-refractivity contribution in [2.45, 2.75) is 0 Å². The first-order chi connectivity index (χ1) is 7.84. The summed E-state index contributed by atoms with van der Waals surface area (Å²) in [5.41, 5.74) is 8.02. The largest absolute Gasteiger partial charge is 0.454 e. The molecule has 1 aromatic carbocycles. The molecule has 0 saturated heterocycles. The number of furan rings is 1. The fourth-order valence-electron chi connectivity index (χ4n) is 1.72. The number of benzene rings is 1. The fraction of sp³-hybridized carbons (Fsp3) is 0. The highest BCUT2D eigenvalue weighted by Gasteiger charge is 2.09. The zero-order valence-electron chi connectivity index (χ0n) is 8.55. The van der Waals surface area contributed by atoms with Crippen molar-refractivity contribution < 1.29 is 4.42 Å². The average molecular weight is 210 g/mol. The summed E-state index contributed by atoms with van der Waals surface area (Å²) in [6.45, 7) is 0. The summed E-state index contributed by atoms with van der Waals surface area (Å²) < 4.78 is 5.69. The zero-order chi connectivity index (χ0) is 11.0. The minimum atomic E-state index is 0.626. The van der Waals surface area contributed by atoms with Crippen molar-refractivity contribution in [3.63, 3.8) is 0 Å². The van der Waals surface area contributed by atoms with Gasteiger partial charge >= 0.3 is 0 Å². The number of pyridine rings is 1. The SMILES string of the molecule is Nc1cccnc1-c1cc2ccccc2o1. The van der Waals surface area contributed by atoms with Gasteiger partial charge in [-0.1, -0.05) is 18.2 Å². The number of hydrogen-bond acceptors (Lipinski definition) is 3. The van der Waals surface area contributed by atoms with E-state index in [9.17, 15) is 0 Å². The van der Waals surface area contributed by atoms with Crippen molar-refractivity contribution in [2.24, 2.45) is 0 Å². The van der Waals surface area contributed by atoms with Crippen molar-refractivity contribution >= 4 is 16.7 Å². The molecule has 3 aromatic rings. The van der Waals surface area contributed by atoms with E-state index in [0.29, 0.717) is 17.1 Å². The van der Waals surface area contributed by atoms with Crippen LogP contribution in [0.1, 0.15) is 0 Å². The molecule has 0 saturated carbocycles. The van der Waals surface area contributed by atoms with Gasteiger partial charge in [-0.15, -0.1) is 0 Å². The minimum Gasteiger partial charge on any atom is -0.454 e. The first kappa shape index (κ1) is 8.97. The Morgan fingerprint density at radius 1 is 1.06 bits per heavy atom. The van der Waals surface area contributed by atoms with E-state index in [1.165, 1.54) is 0 Å². The molecule has 0 amide bonds. The lowest BCUT2D eigenvalue weighted by Crippen LogP contribution is -1.90. The highest BCUT2D eigenvalue weighted by atomic mass is 16.3. The van der Waals surface area contributed by atoms with Crippen molar-refractivity contribution in [1.29, 1.82) is 0 Å². The molecule has 2 N–H and O–H groups in total. The summed E-state index contributed by atoms with van der Waals surface area (Å²) in [5, 5.41) is 1.06. The smallest absolute Gasteiger partial charge is 0.155 e. The highest BCUT2D eigenvalue weighted by molar-refractivity contribution is 5.84. The second-order valence-corrected chi connectivity index (χ2v) is 3.59. The summed E-state index contributed by atoms with van der Waals surface area (Å²) in [7, 11) is 0. The third-order valence-corrected chi connectivity index (χ3v) is 2.50. The van der Waals surface area contributed by atoms with Crippen LogP contribution in [0.15, 0.2) is 53.1 Å². The Morgan fingerprint density at radius 3 is 2.75 bits per heavy atom. The molecule has 0 radical (unpaired) electrons. The first-order valence-electron chi connectivity index (χ1n) is 5.04. The maximum atomic E-state index is 5.85. The van der Waals surface area contributed by atoms with Gasteiger partial charge in [-0.05, 0) is 24.3 Å². The molecule has 0 aliphatic heterocycles. The van der Waals surface area contributed by atoms with Gasteiger partial charge in [0.25, 0.3) is 0 Å². The summed E-state index contributed by atoms with van der Waals surface area (Å²) in [6, 6.07) is 13.4. The Bertz CT molecular complexity index is 610. The Morgan fingerprint density at radius 2 is 1.94 bits per heavy atom. The van der Waals surface area contributed by atoms with Crippen LogP contribution in [0.4, 0.5) is 5.69 Å². The monoisotopic (exact) mass is 210 g/mol. The molecule has 3 nitrogen and oxygen atoms in total. The molecule has 16 heavy (non-hydrogen) atoms. The van der Waals surface area contributed by atoms with E-state index in [2.05, 4.69) is 4.98 Å². The number of nitrogens with zero attached hydrogens (tertiary/aromatic N) is 1. The van der Waals surface area contributed by atoms with Gasteiger partial charge in [0, 0.05) is 11.6 Å². The number of fused-ring (bicyclic) bond motifs is 1. The molecule has 2 heterocycles. The second kappa shape index (κ2) is 3.38. The molecule has 0 unspecified atom stereocenters. The van der Waals surface area contributed by atoms with Gasteiger partial charge in [-0.25, -0.2) is 0 Å². The Balaban J connectivity index is 2.23. The van der Waals surface area contributed by atoms with Crippen LogP contribution in [0, 0.1) is 0 Å². The van der Waals surface area contributed by atoms with E-state index in [4.69, 9.17) is 10.2 Å². The van der Waals surface area contributed by atoms with Crippen molar-refractivity contribution in [1.82, 2.24) is 4.98 Å². The standard InChI is InChI=1S/C13H10N2O/c14-10-5-3-7-15-13(10)12-8-9-4-1-2-6-11(9)16-12/h1-8H,14H2. The third-order valence-electron chi connectivity index (χ3n) is 2.50. The zero-order valence-corrected chi connectivity index (χ0v) is 8.55. The lowest BCUT2D eigenvalue weighted by molar-refractivity contribution is 0.629. The van der Waals surface area contributed by atoms with Gasteiger partial charge in [0.05, 0.1) is 5.69 Å². The molecule has 0 aliphatic carbocycles. The van der Waals surface area contributed by atoms with Gasteiger partial charge in [0.15, 0.2) is 5.76 Å². The lowest BCUT2D eigenvalue weighted by Gasteiger charge is -1.98. The fourth-order valence-corrected chi connectivity index (χ4v) is 1.72. The second-order valence-electron chi connectivity index (χ2n) is 3.59. The number of rotatable bonds is 1. The molecular weight excluding hydrogens is 200 g/mol. The number of hydrogen-bond donors (Lipinski definition) is 1. The Kier molecular flexibility index (Phi) is 1.90. The van der Waals surface area contributed by atoms with Gasteiger partial charge in [0.1, 0.15) is 11.3 Å². The van der Waals surface area contributed by atoms with Crippen LogP contribution in [-0.2, 0) is 0 Å². The quantitative estimate of drug-likeness (QED) is 0.671. The van der Waals surface area contributed by atoms with Crippen LogP contribution in [0.5, 0.6) is 0 Å². The summed E-state index contributed by atoms with van der Waals surface area (Å²) in [5.74, 6) is 0.708. The number of para-hydroxylation sites is 1. The molecule has 3 rings (SSSR count). The van der Waals surface area contributed by atoms with Crippen molar-refractivity contribution in [3.05, 3.63) is 48.7 Å². The van der Waals surface area contributed by atoms with Crippen LogP contribution in [0.3, 0.4) is 0 Å². The molecule has 0 bridgehead atoms. The van der Waals surface area contributed by atoms with E-state index in [1.54, 1.807) is 6.20 Å². The Labute approximate surface area is 92.5 Å². The number of anilines is 1. The van der Waals surface area contributed by atoms with E-state index in [-0.39, 0.29) is 0 Å². The summed E-state index contributed by atoms with van der Waals surface area (Å²) in [4.78, 5) is 4.23. The average Bonchev–Trinajstić information content (AvgIpc) is 2.73. The molecule has 3 heteroatoms. The van der Waals surface area contributed by atoms with Crippen LogP contribution in [-0.4, -0.2) is 4.98 Å². The predicted octanol–water partition coefficient (Wildman–Crippen LogP) is 3.08. The summed E-state index contributed by atoms with van der Waals surface area (Å²) in [6.07, 6.45) is 1.71. The predicted molar refractivity (Wildman–Crippen MR) is 63.9 cm³/mol. The molecule has 0 fully saturated rings. The first-order valence-corrected chi connectivity index (χ1v) is 5.04. The number of nitrogen functional groups attached to an aromatic ring is 1.